The molecule has 0 spiro atoms. The number of rotatable bonds is 5. The molecule has 0 saturated heterocycles. The number of para-hydroxylation sites is 1. The highest BCUT2D eigenvalue weighted by atomic mass is 16.2. The normalized spacial score (nSPS) is 10.9. The predicted octanol–water partition coefficient (Wildman–Crippen LogP) is 5.01. The fraction of sp³-hybridized carbons (Fsp3) is 0.167. The number of anilines is 2. The van der Waals surface area contributed by atoms with Crippen LogP contribution in [-0.4, -0.2) is 16.4 Å². The van der Waals surface area contributed by atoms with Crippen LogP contribution < -0.4 is 10.6 Å². The lowest BCUT2D eigenvalue weighted by Crippen LogP contribution is -2.10. The van der Waals surface area contributed by atoms with Crippen LogP contribution in [0.4, 0.5) is 11.4 Å². The standard InChI is InChI=1S/C24H25N3O2/c1-16-14-21(11-12-23(16)25-19(4)28)26-24(29)13-10-20-15-17(2)27(18(20)3)22-8-6-5-7-9-22/h5-15H,1-4H3,(H,25,28)(H,26,29)/b13-10+. The van der Waals surface area contributed by atoms with Gasteiger partial charge in [0.15, 0.2) is 0 Å². The highest BCUT2D eigenvalue weighted by molar-refractivity contribution is 6.02. The molecule has 0 unspecified atom stereocenters. The Morgan fingerprint density at radius 2 is 1.66 bits per heavy atom. The molecule has 29 heavy (non-hydrogen) atoms. The maximum atomic E-state index is 12.4. The first-order valence-electron chi connectivity index (χ1n) is 9.47. The third-order valence-electron chi connectivity index (χ3n) is 4.70. The van der Waals surface area contributed by atoms with Gasteiger partial charge in [-0.2, -0.15) is 0 Å². The van der Waals surface area contributed by atoms with Crippen molar-refractivity contribution in [1.82, 2.24) is 4.57 Å². The predicted molar refractivity (Wildman–Crippen MR) is 118 cm³/mol. The summed E-state index contributed by atoms with van der Waals surface area (Å²) in [5.74, 6) is -0.331. The molecular weight excluding hydrogens is 362 g/mol. The first-order valence-corrected chi connectivity index (χ1v) is 9.47. The summed E-state index contributed by atoms with van der Waals surface area (Å²) in [7, 11) is 0. The number of aromatic nitrogens is 1. The molecule has 2 N–H and O–H groups in total. The number of hydrogen-bond acceptors (Lipinski definition) is 2. The van der Waals surface area contributed by atoms with E-state index in [-0.39, 0.29) is 11.8 Å². The van der Waals surface area contributed by atoms with Crippen molar-refractivity contribution in [2.24, 2.45) is 0 Å². The van der Waals surface area contributed by atoms with Crippen molar-refractivity contribution < 1.29 is 9.59 Å². The van der Waals surface area contributed by atoms with Gasteiger partial charge in [-0.1, -0.05) is 18.2 Å². The molecule has 0 atom stereocenters. The van der Waals surface area contributed by atoms with Gasteiger partial charge in [0.2, 0.25) is 11.8 Å². The summed E-state index contributed by atoms with van der Waals surface area (Å²) < 4.78 is 2.17. The summed E-state index contributed by atoms with van der Waals surface area (Å²) in [6, 6.07) is 17.6. The van der Waals surface area contributed by atoms with E-state index < -0.39 is 0 Å². The van der Waals surface area contributed by atoms with Crippen LogP contribution in [0, 0.1) is 20.8 Å². The number of nitrogens with zero attached hydrogens (tertiary/aromatic N) is 1. The monoisotopic (exact) mass is 387 g/mol. The number of amides is 2. The highest BCUT2D eigenvalue weighted by Crippen LogP contribution is 2.22. The Bertz CT molecular complexity index is 1080. The lowest BCUT2D eigenvalue weighted by molar-refractivity contribution is -0.114. The van der Waals surface area contributed by atoms with Crippen molar-refractivity contribution in [3.63, 3.8) is 0 Å². The molecule has 0 radical (unpaired) electrons. The molecular formula is C24H25N3O2. The molecule has 2 aromatic carbocycles. The quantitative estimate of drug-likeness (QED) is 0.604. The van der Waals surface area contributed by atoms with E-state index in [1.165, 1.54) is 13.0 Å². The first-order chi connectivity index (χ1) is 13.8. The Morgan fingerprint density at radius 1 is 0.931 bits per heavy atom. The van der Waals surface area contributed by atoms with Gasteiger partial charge < -0.3 is 15.2 Å². The molecule has 3 aromatic rings. The second kappa shape index (κ2) is 8.61. The van der Waals surface area contributed by atoms with Crippen molar-refractivity contribution in [3.05, 3.63) is 83.2 Å². The second-order valence-corrected chi connectivity index (χ2v) is 7.03. The Kier molecular flexibility index (Phi) is 5.98. The molecule has 148 valence electrons. The molecule has 5 nitrogen and oxygen atoms in total. The fourth-order valence-electron chi connectivity index (χ4n) is 3.35. The topological polar surface area (TPSA) is 63.1 Å². The van der Waals surface area contributed by atoms with Crippen LogP contribution in [0.25, 0.3) is 11.8 Å². The highest BCUT2D eigenvalue weighted by Gasteiger charge is 2.09. The van der Waals surface area contributed by atoms with Crippen molar-refractivity contribution in [2.45, 2.75) is 27.7 Å². The van der Waals surface area contributed by atoms with E-state index in [1.807, 2.05) is 44.2 Å². The smallest absolute Gasteiger partial charge is 0.248 e. The van der Waals surface area contributed by atoms with Gasteiger partial charge in [-0.05, 0) is 74.4 Å². The molecule has 3 rings (SSSR count). The summed E-state index contributed by atoms with van der Waals surface area (Å²) in [6.07, 6.45) is 3.36. The van der Waals surface area contributed by atoms with E-state index in [0.717, 1.165) is 33.9 Å². The van der Waals surface area contributed by atoms with Gasteiger partial charge in [-0.25, -0.2) is 0 Å². The fourth-order valence-corrected chi connectivity index (χ4v) is 3.35. The number of carbonyl (C=O) groups is 2. The number of nitrogens with one attached hydrogen (secondary N) is 2. The number of hydrogen-bond donors (Lipinski definition) is 2. The summed E-state index contributed by atoms with van der Waals surface area (Å²) in [6.45, 7) is 7.45. The third kappa shape index (κ3) is 4.82. The van der Waals surface area contributed by atoms with E-state index in [1.54, 1.807) is 12.1 Å². The summed E-state index contributed by atoms with van der Waals surface area (Å²) in [5.41, 5.74) is 6.58. The average Bonchev–Trinajstić information content (AvgIpc) is 2.96. The summed E-state index contributed by atoms with van der Waals surface area (Å²) in [4.78, 5) is 23.6. The van der Waals surface area contributed by atoms with Crippen molar-refractivity contribution >= 4 is 29.3 Å². The molecule has 0 aliphatic carbocycles. The minimum atomic E-state index is -0.207. The van der Waals surface area contributed by atoms with Gasteiger partial charge in [-0.3, -0.25) is 9.59 Å². The van der Waals surface area contributed by atoms with Crippen molar-refractivity contribution in [2.75, 3.05) is 10.6 Å². The number of benzene rings is 2. The molecule has 5 heteroatoms. The van der Waals surface area contributed by atoms with Gasteiger partial charge in [0.25, 0.3) is 0 Å². The molecule has 0 aliphatic rings. The van der Waals surface area contributed by atoms with Crippen LogP contribution in [0.3, 0.4) is 0 Å². The Labute approximate surface area is 171 Å². The van der Waals surface area contributed by atoms with Gasteiger partial charge in [-0.15, -0.1) is 0 Å². The Balaban J connectivity index is 1.73. The minimum absolute atomic E-state index is 0.124. The second-order valence-electron chi connectivity index (χ2n) is 7.03. The zero-order valence-corrected chi connectivity index (χ0v) is 17.1. The molecule has 0 saturated carbocycles. The molecule has 0 aliphatic heterocycles. The van der Waals surface area contributed by atoms with E-state index in [4.69, 9.17) is 0 Å². The van der Waals surface area contributed by atoms with E-state index in [2.05, 4.69) is 40.3 Å². The van der Waals surface area contributed by atoms with E-state index in [9.17, 15) is 9.59 Å². The maximum absolute atomic E-state index is 12.4. The first kappa shape index (κ1) is 20.1. The number of aryl methyl sites for hydroxylation is 2. The maximum Gasteiger partial charge on any atom is 0.248 e. The Morgan fingerprint density at radius 3 is 2.31 bits per heavy atom. The van der Waals surface area contributed by atoms with Crippen LogP contribution >= 0.6 is 0 Å². The van der Waals surface area contributed by atoms with Gasteiger partial charge >= 0.3 is 0 Å². The molecule has 2 amide bonds. The molecule has 0 bridgehead atoms. The van der Waals surface area contributed by atoms with E-state index in [0.29, 0.717) is 5.69 Å². The minimum Gasteiger partial charge on any atom is -0.326 e. The molecule has 1 heterocycles. The zero-order chi connectivity index (χ0) is 21.0. The van der Waals surface area contributed by atoms with Crippen molar-refractivity contribution in [1.29, 1.82) is 0 Å². The van der Waals surface area contributed by atoms with Crippen molar-refractivity contribution in [3.8, 4) is 5.69 Å². The van der Waals surface area contributed by atoms with Crippen LogP contribution in [0.2, 0.25) is 0 Å². The number of carbonyl (C=O) groups excluding carboxylic acids is 2. The molecule has 1 aromatic heterocycles. The Hall–Kier alpha value is -3.60. The van der Waals surface area contributed by atoms with Crippen LogP contribution in [0.1, 0.15) is 29.4 Å². The summed E-state index contributed by atoms with van der Waals surface area (Å²) in [5, 5.41) is 5.62. The SMILES string of the molecule is CC(=O)Nc1ccc(NC(=O)/C=C/c2cc(C)n(-c3ccccc3)c2C)cc1C. The average molecular weight is 387 g/mol. The van der Waals surface area contributed by atoms with Crippen LogP contribution in [0.15, 0.2) is 60.7 Å². The summed E-state index contributed by atoms with van der Waals surface area (Å²) >= 11 is 0. The third-order valence-corrected chi connectivity index (χ3v) is 4.70. The van der Waals surface area contributed by atoms with Gasteiger partial charge in [0.1, 0.15) is 0 Å². The van der Waals surface area contributed by atoms with Crippen LogP contribution in [-0.2, 0) is 9.59 Å². The lowest BCUT2D eigenvalue weighted by atomic mass is 10.1. The van der Waals surface area contributed by atoms with Gasteiger partial charge in [0, 0.05) is 41.4 Å². The van der Waals surface area contributed by atoms with E-state index >= 15 is 0 Å². The van der Waals surface area contributed by atoms with Crippen LogP contribution in [0.5, 0.6) is 0 Å². The zero-order valence-electron chi connectivity index (χ0n) is 17.1. The largest absolute Gasteiger partial charge is 0.326 e. The lowest BCUT2D eigenvalue weighted by Gasteiger charge is -2.09. The molecule has 0 fully saturated rings. The van der Waals surface area contributed by atoms with Gasteiger partial charge in [0.05, 0.1) is 0 Å².